The number of benzene rings is 1. The van der Waals surface area contributed by atoms with E-state index in [0.717, 1.165) is 28.6 Å². The summed E-state index contributed by atoms with van der Waals surface area (Å²) in [6.45, 7) is 0. The lowest BCUT2D eigenvalue weighted by atomic mass is 10.1. The van der Waals surface area contributed by atoms with Crippen molar-refractivity contribution in [3.8, 4) is 6.07 Å². The molecule has 0 bridgehead atoms. The summed E-state index contributed by atoms with van der Waals surface area (Å²) in [7, 11) is -1.07. The minimum atomic E-state index is -1.07. The highest BCUT2D eigenvalue weighted by Crippen LogP contribution is 2.33. The highest BCUT2D eigenvalue weighted by atomic mass is 79.9. The van der Waals surface area contributed by atoms with Gasteiger partial charge >= 0.3 is 0 Å². The summed E-state index contributed by atoms with van der Waals surface area (Å²) in [5.41, 5.74) is 0. The first kappa shape index (κ1) is 11.8. The van der Waals surface area contributed by atoms with Crippen LogP contribution in [-0.2, 0) is 10.8 Å². The summed E-state index contributed by atoms with van der Waals surface area (Å²) < 4.78 is 13.2. The van der Waals surface area contributed by atoms with Crippen LogP contribution in [-0.4, -0.2) is 9.46 Å². The Kier molecular flexibility index (Phi) is 3.78. The largest absolute Gasteiger partial charge is 0.254 e. The van der Waals surface area contributed by atoms with Crippen LogP contribution < -0.4 is 0 Å². The number of hydrogen-bond acceptors (Lipinski definition) is 2. The molecule has 1 aromatic rings. The van der Waals surface area contributed by atoms with Crippen LogP contribution in [0.15, 0.2) is 33.6 Å². The van der Waals surface area contributed by atoms with Crippen molar-refractivity contribution in [1.29, 1.82) is 5.26 Å². The third-order valence-corrected chi connectivity index (χ3v) is 5.80. The zero-order valence-corrected chi connectivity index (χ0v) is 11.1. The quantitative estimate of drug-likeness (QED) is 0.841. The number of nitriles is 1. The molecule has 3 unspecified atom stereocenters. The van der Waals surface area contributed by atoms with Gasteiger partial charge in [0.1, 0.15) is 0 Å². The van der Waals surface area contributed by atoms with Gasteiger partial charge in [-0.25, -0.2) is 0 Å². The Morgan fingerprint density at radius 1 is 1.38 bits per heavy atom. The molecule has 1 saturated carbocycles. The van der Waals surface area contributed by atoms with E-state index in [9.17, 15) is 4.21 Å². The Morgan fingerprint density at radius 3 is 2.81 bits per heavy atom. The Morgan fingerprint density at radius 2 is 2.12 bits per heavy atom. The lowest BCUT2D eigenvalue weighted by Gasteiger charge is -2.13. The SMILES string of the molecule is N#CC1CCCC1S(=O)c1ccccc1Br. The Balaban J connectivity index is 2.26. The van der Waals surface area contributed by atoms with E-state index in [0.29, 0.717) is 0 Å². The van der Waals surface area contributed by atoms with E-state index in [1.807, 2.05) is 24.3 Å². The fourth-order valence-corrected chi connectivity index (χ4v) is 4.54. The fourth-order valence-electron chi connectivity index (χ4n) is 2.10. The zero-order chi connectivity index (χ0) is 11.5. The summed E-state index contributed by atoms with van der Waals surface area (Å²) in [6.07, 6.45) is 2.79. The van der Waals surface area contributed by atoms with Crippen LogP contribution in [0.2, 0.25) is 0 Å². The van der Waals surface area contributed by atoms with Crippen LogP contribution in [0.25, 0.3) is 0 Å². The first-order valence-corrected chi connectivity index (χ1v) is 7.29. The van der Waals surface area contributed by atoms with Gasteiger partial charge in [0.05, 0.1) is 32.9 Å². The molecule has 1 aliphatic rings. The molecule has 0 aliphatic heterocycles. The minimum Gasteiger partial charge on any atom is -0.254 e. The Labute approximate surface area is 106 Å². The van der Waals surface area contributed by atoms with Gasteiger partial charge in [-0.15, -0.1) is 0 Å². The molecule has 0 heterocycles. The normalized spacial score (nSPS) is 26.2. The van der Waals surface area contributed by atoms with Gasteiger partial charge in [0.15, 0.2) is 0 Å². The molecule has 0 saturated heterocycles. The van der Waals surface area contributed by atoms with Crippen LogP contribution in [0.4, 0.5) is 0 Å². The summed E-state index contributed by atoms with van der Waals surface area (Å²) in [6, 6.07) is 9.82. The van der Waals surface area contributed by atoms with Crippen LogP contribution >= 0.6 is 15.9 Å². The first-order chi connectivity index (χ1) is 7.74. The van der Waals surface area contributed by atoms with Gasteiger partial charge in [-0.1, -0.05) is 18.6 Å². The second kappa shape index (κ2) is 5.11. The third kappa shape index (κ3) is 2.21. The third-order valence-electron chi connectivity index (χ3n) is 2.95. The van der Waals surface area contributed by atoms with Gasteiger partial charge in [0, 0.05) is 4.47 Å². The van der Waals surface area contributed by atoms with Crippen molar-refractivity contribution >= 4 is 26.7 Å². The predicted molar refractivity (Wildman–Crippen MR) is 67.3 cm³/mol. The van der Waals surface area contributed by atoms with E-state index in [4.69, 9.17) is 5.26 Å². The van der Waals surface area contributed by atoms with Crippen molar-refractivity contribution in [2.24, 2.45) is 5.92 Å². The molecule has 4 heteroatoms. The van der Waals surface area contributed by atoms with Crippen molar-refractivity contribution in [1.82, 2.24) is 0 Å². The second-order valence-corrected chi connectivity index (χ2v) is 6.43. The van der Waals surface area contributed by atoms with E-state index in [1.54, 1.807) is 0 Å². The average Bonchev–Trinajstić information content (AvgIpc) is 2.77. The van der Waals surface area contributed by atoms with Gasteiger partial charge in [-0.05, 0) is 40.9 Å². The highest BCUT2D eigenvalue weighted by Gasteiger charge is 2.33. The van der Waals surface area contributed by atoms with Gasteiger partial charge in [-0.2, -0.15) is 5.26 Å². The number of rotatable bonds is 2. The molecular weight excluding hydrogens is 286 g/mol. The van der Waals surface area contributed by atoms with E-state index in [2.05, 4.69) is 22.0 Å². The van der Waals surface area contributed by atoms with E-state index >= 15 is 0 Å². The lowest BCUT2D eigenvalue weighted by molar-refractivity contribution is 0.645. The average molecular weight is 298 g/mol. The van der Waals surface area contributed by atoms with Gasteiger partial charge < -0.3 is 0 Å². The minimum absolute atomic E-state index is 0.00343. The molecule has 84 valence electrons. The molecule has 16 heavy (non-hydrogen) atoms. The molecule has 2 nitrogen and oxygen atoms in total. The summed E-state index contributed by atoms with van der Waals surface area (Å²) in [5, 5.41) is 9.01. The van der Waals surface area contributed by atoms with Crippen LogP contribution in [0.3, 0.4) is 0 Å². The molecule has 1 aliphatic carbocycles. The molecule has 1 aromatic carbocycles. The lowest BCUT2D eigenvalue weighted by Crippen LogP contribution is -2.19. The predicted octanol–water partition coefficient (Wildman–Crippen LogP) is 3.25. The van der Waals surface area contributed by atoms with Gasteiger partial charge in [0.25, 0.3) is 0 Å². The van der Waals surface area contributed by atoms with E-state index < -0.39 is 10.8 Å². The first-order valence-electron chi connectivity index (χ1n) is 5.28. The van der Waals surface area contributed by atoms with Gasteiger partial charge in [0.2, 0.25) is 0 Å². The summed E-state index contributed by atoms with van der Waals surface area (Å²) in [4.78, 5) is 0.814. The monoisotopic (exact) mass is 297 g/mol. The van der Waals surface area contributed by atoms with Crippen molar-refractivity contribution in [3.63, 3.8) is 0 Å². The highest BCUT2D eigenvalue weighted by molar-refractivity contribution is 9.10. The number of halogens is 1. The van der Waals surface area contributed by atoms with Crippen LogP contribution in [0.1, 0.15) is 19.3 Å². The maximum Gasteiger partial charge on any atom is 0.0668 e. The summed E-state index contributed by atoms with van der Waals surface area (Å²) in [5.74, 6) is -0.0482. The molecule has 0 spiro atoms. The fraction of sp³-hybridized carbons (Fsp3) is 0.417. The van der Waals surface area contributed by atoms with Crippen LogP contribution in [0, 0.1) is 17.2 Å². The second-order valence-electron chi connectivity index (χ2n) is 3.93. The maximum absolute atomic E-state index is 12.4. The topological polar surface area (TPSA) is 40.9 Å². The number of nitrogens with zero attached hydrogens (tertiary/aromatic N) is 1. The number of hydrogen-bond donors (Lipinski definition) is 0. The maximum atomic E-state index is 12.4. The smallest absolute Gasteiger partial charge is 0.0668 e. The van der Waals surface area contributed by atoms with E-state index in [1.165, 1.54) is 0 Å². The van der Waals surface area contributed by atoms with Gasteiger partial charge in [-0.3, -0.25) is 4.21 Å². The van der Waals surface area contributed by atoms with Crippen molar-refractivity contribution in [2.45, 2.75) is 29.4 Å². The zero-order valence-electron chi connectivity index (χ0n) is 8.73. The Bertz CT molecular complexity index is 455. The Hall–Kier alpha value is -0.660. The standard InChI is InChI=1S/C12H12BrNOS/c13-10-5-1-2-6-12(10)16(15)11-7-3-4-9(11)8-14/h1-2,5-6,9,11H,3-4,7H2. The van der Waals surface area contributed by atoms with Crippen molar-refractivity contribution in [2.75, 3.05) is 0 Å². The molecule has 0 radical (unpaired) electrons. The molecular formula is C12H12BrNOS. The molecule has 0 amide bonds. The van der Waals surface area contributed by atoms with Crippen molar-refractivity contribution < 1.29 is 4.21 Å². The summed E-state index contributed by atoms with van der Waals surface area (Å²) >= 11 is 3.41. The molecule has 0 N–H and O–H groups in total. The molecule has 3 atom stereocenters. The van der Waals surface area contributed by atoms with Crippen LogP contribution in [0.5, 0.6) is 0 Å². The molecule has 0 aromatic heterocycles. The van der Waals surface area contributed by atoms with E-state index in [-0.39, 0.29) is 11.2 Å². The molecule has 2 rings (SSSR count). The molecule has 1 fully saturated rings. The van der Waals surface area contributed by atoms with Crippen molar-refractivity contribution in [3.05, 3.63) is 28.7 Å².